The van der Waals surface area contributed by atoms with E-state index >= 15 is 0 Å². The van der Waals surface area contributed by atoms with Crippen LogP contribution < -0.4 is 5.73 Å². The molecule has 1 atom stereocenters. The van der Waals surface area contributed by atoms with E-state index in [1.165, 1.54) is 0 Å². The average Bonchev–Trinajstić information content (AvgIpc) is 2.02. The minimum absolute atomic E-state index is 0.0367. The molecule has 0 aromatic heterocycles. The van der Waals surface area contributed by atoms with E-state index in [-0.39, 0.29) is 11.6 Å². The summed E-state index contributed by atoms with van der Waals surface area (Å²) >= 11 is 0. The predicted octanol–water partition coefficient (Wildman–Crippen LogP) is 0.0709. The zero-order valence-electron chi connectivity index (χ0n) is 9.45. The van der Waals surface area contributed by atoms with E-state index in [2.05, 4.69) is 18.7 Å². The Kier molecular flexibility index (Phi) is 4.31. The van der Waals surface area contributed by atoms with Gasteiger partial charge in [-0.2, -0.15) is 0 Å². The maximum Gasteiger partial charge on any atom is 0.0753 e. The first-order chi connectivity index (χ1) is 6.53. The van der Waals surface area contributed by atoms with Crippen LogP contribution in [0.25, 0.3) is 0 Å². The first-order valence-electron chi connectivity index (χ1n) is 5.14. The maximum atomic E-state index is 5.90. The molecule has 84 valence electrons. The van der Waals surface area contributed by atoms with Crippen LogP contribution >= 0.6 is 0 Å². The van der Waals surface area contributed by atoms with E-state index in [9.17, 15) is 0 Å². The number of nitrogens with two attached hydrogens (primary N) is 1. The summed E-state index contributed by atoms with van der Waals surface area (Å²) in [5, 5.41) is 0. The van der Waals surface area contributed by atoms with Gasteiger partial charge in [-0.25, -0.2) is 0 Å². The number of morpholine rings is 1. The van der Waals surface area contributed by atoms with Crippen molar-refractivity contribution < 1.29 is 9.47 Å². The molecule has 0 aliphatic carbocycles. The van der Waals surface area contributed by atoms with E-state index < -0.39 is 0 Å². The number of hydrogen-bond donors (Lipinski definition) is 1. The Morgan fingerprint density at radius 2 is 2.29 bits per heavy atom. The Bertz CT molecular complexity index is 174. The number of nitrogens with zero attached hydrogens (tertiary/aromatic N) is 1. The molecule has 0 aromatic rings. The molecule has 4 nitrogen and oxygen atoms in total. The highest BCUT2D eigenvalue weighted by Gasteiger charge is 2.27. The third-order valence-electron chi connectivity index (χ3n) is 2.38. The summed E-state index contributed by atoms with van der Waals surface area (Å²) in [6.07, 6.45) is 0. The van der Waals surface area contributed by atoms with Crippen molar-refractivity contribution in [3.05, 3.63) is 0 Å². The molecule has 0 amide bonds. The Labute approximate surface area is 86.3 Å². The minimum Gasteiger partial charge on any atom is -0.383 e. The number of methoxy groups -OCH3 is 1. The topological polar surface area (TPSA) is 47.7 Å². The normalized spacial score (nSPS) is 24.9. The van der Waals surface area contributed by atoms with Crippen LogP contribution in [0.15, 0.2) is 0 Å². The van der Waals surface area contributed by atoms with E-state index in [0.717, 1.165) is 26.2 Å². The molecule has 0 bridgehead atoms. The van der Waals surface area contributed by atoms with Gasteiger partial charge in [0.05, 0.1) is 18.8 Å². The van der Waals surface area contributed by atoms with Crippen molar-refractivity contribution in [3.63, 3.8) is 0 Å². The van der Waals surface area contributed by atoms with Crippen LogP contribution in [0.3, 0.4) is 0 Å². The van der Waals surface area contributed by atoms with Crippen LogP contribution in [0.4, 0.5) is 0 Å². The Morgan fingerprint density at radius 3 is 2.86 bits per heavy atom. The van der Waals surface area contributed by atoms with Gasteiger partial charge in [-0.05, 0) is 13.8 Å². The number of rotatable bonds is 4. The molecule has 1 aliphatic rings. The SMILES string of the molecule is COCC(N)CN1CCOC(C)(C)C1. The van der Waals surface area contributed by atoms with Crippen LogP contribution in [0.1, 0.15) is 13.8 Å². The summed E-state index contributed by atoms with van der Waals surface area (Å²) in [6, 6.07) is 0.105. The largest absolute Gasteiger partial charge is 0.383 e. The van der Waals surface area contributed by atoms with Crippen molar-refractivity contribution in [1.82, 2.24) is 4.90 Å². The summed E-state index contributed by atoms with van der Waals surface area (Å²) in [7, 11) is 1.68. The second-order valence-corrected chi connectivity index (χ2v) is 4.56. The summed E-state index contributed by atoms with van der Waals surface area (Å²) in [4.78, 5) is 2.34. The van der Waals surface area contributed by atoms with Gasteiger partial charge in [0.25, 0.3) is 0 Å². The van der Waals surface area contributed by atoms with Crippen molar-refractivity contribution in [2.24, 2.45) is 5.73 Å². The minimum atomic E-state index is -0.0367. The fourth-order valence-electron chi connectivity index (χ4n) is 1.87. The van der Waals surface area contributed by atoms with Crippen molar-refractivity contribution in [1.29, 1.82) is 0 Å². The highest BCUT2D eigenvalue weighted by atomic mass is 16.5. The summed E-state index contributed by atoms with van der Waals surface area (Å²) in [5.41, 5.74) is 5.86. The smallest absolute Gasteiger partial charge is 0.0753 e. The molecule has 0 saturated carbocycles. The molecule has 1 heterocycles. The lowest BCUT2D eigenvalue weighted by Crippen LogP contribution is -2.52. The number of hydrogen-bond acceptors (Lipinski definition) is 4. The molecule has 1 unspecified atom stereocenters. The lowest BCUT2D eigenvalue weighted by Gasteiger charge is -2.39. The van der Waals surface area contributed by atoms with Gasteiger partial charge in [0.15, 0.2) is 0 Å². The van der Waals surface area contributed by atoms with Crippen LogP contribution in [0.5, 0.6) is 0 Å². The van der Waals surface area contributed by atoms with E-state index in [1.54, 1.807) is 7.11 Å². The third-order valence-corrected chi connectivity index (χ3v) is 2.38. The summed E-state index contributed by atoms with van der Waals surface area (Å²) < 4.78 is 10.6. The Morgan fingerprint density at radius 1 is 1.57 bits per heavy atom. The summed E-state index contributed by atoms with van der Waals surface area (Å²) in [6.45, 7) is 8.46. The highest BCUT2D eigenvalue weighted by molar-refractivity contribution is 4.81. The van der Waals surface area contributed by atoms with E-state index in [4.69, 9.17) is 15.2 Å². The molecule has 1 aliphatic heterocycles. The quantitative estimate of drug-likeness (QED) is 0.701. The van der Waals surface area contributed by atoms with Gasteiger partial charge in [0, 0.05) is 32.8 Å². The lowest BCUT2D eigenvalue weighted by atomic mass is 10.1. The molecular formula is C10H22N2O2. The Hall–Kier alpha value is -0.160. The highest BCUT2D eigenvalue weighted by Crippen LogP contribution is 2.16. The second-order valence-electron chi connectivity index (χ2n) is 4.56. The molecule has 0 radical (unpaired) electrons. The van der Waals surface area contributed by atoms with Gasteiger partial charge in [0.1, 0.15) is 0 Å². The first-order valence-corrected chi connectivity index (χ1v) is 5.14. The van der Waals surface area contributed by atoms with Crippen molar-refractivity contribution in [3.8, 4) is 0 Å². The van der Waals surface area contributed by atoms with Crippen LogP contribution in [0, 0.1) is 0 Å². The van der Waals surface area contributed by atoms with Gasteiger partial charge < -0.3 is 15.2 Å². The summed E-state index contributed by atoms with van der Waals surface area (Å²) in [5.74, 6) is 0. The van der Waals surface area contributed by atoms with E-state index in [1.807, 2.05) is 0 Å². The zero-order chi connectivity index (χ0) is 10.6. The standard InChI is InChI=1S/C10H22N2O2/c1-10(2)8-12(4-5-14-10)6-9(11)7-13-3/h9H,4-8,11H2,1-3H3. The molecular weight excluding hydrogens is 180 g/mol. The van der Waals surface area contributed by atoms with Gasteiger partial charge >= 0.3 is 0 Å². The first kappa shape index (κ1) is 11.9. The molecule has 1 fully saturated rings. The van der Waals surface area contributed by atoms with Crippen molar-refractivity contribution in [2.45, 2.75) is 25.5 Å². The van der Waals surface area contributed by atoms with Gasteiger partial charge in [-0.3, -0.25) is 4.90 Å². The van der Waals surface area contributed by atoms with Crippen LogP contribution in [-0.4, -0.2) is 56.5 Å². The molecule has 0 spiro atoms. The second kappa shape index (κ2) is 5.07. The zero-order valence-corrected chi connectivity index (χ0v) is 9.45. The number of ether oxygens (including phenoxy) is 2. The Balaban J connectivity index is 2.30. The molecule has 14 heavy (non-hydrogen) atoms. The molecule has 2 N–H and O–H groups in total. The lowest BCUT2D eigenvalue weighted by molar-refractivity contribution is -0.0879. The molecule has 4 heteroatoms. The van der Waals surface area contributed by atoms with Crippen LogP contribution in [-0.2, 0) is 9.47 Å². The van der Waals surface area contributed by atoms with Gasteiger partial charge in [-0.1, -0.05) is 0 Å². The molecule has 0 aromatic carbocycles. The van der Waals surface area contributed by atoms with Crippen molar-refractivity contribution in [2.75, 3.05) is 40.0 Å². The van der Waals surface area contributed by atoms with E-state index in [0.29, 0.717) is 6.61 Å². The van der Waals surface area contributed by atoms with Gasteiger partial charge in [-0.15, -0.1) is 0 Å². The maximum absolute atomic E-state index is 5.90. The average molecular weight is 202 g/mol. The molecule has 1 rings (SSSR count). The van der Waals surface area contributed by atoms with Crippen LogP contribution in [0.2, 0.25) is 0 Å². The fourth-order valence-corrected chi connectivity index (χ4v) is 1.87. The fraction of sp³-hybridized carbons (Fsp3) is 1.00. The monoisotopic (exact) mass is 202 g/mol. The van der Waals surface area contributed by atoms with Crippen molar-refractivity contribution >= 4 is 0 Å². The molecule has 1 saturated heterocycles. The third kappa shape index (κ3) is 3.92. The van der Waals surface area contributed by atoms with Gasteiger partial charge in [0.2, 0.25) is 0 Å². The predicted molar refractivity (Wildman–Crippen MR) is 56.3 cm³/mol.